The average molecular weight is 1460 g/mol. The number of imidazole rings is 3. The summed E-state index contributed by atoms with van der Waals surface area (Å²) < 4.78 is 13.3. The number of carboxylic acid groups (broad SMARTS) is 1. The Morgan fingerprint density at radius 1 is 0.661 bits per heavy atom. The third-order valence-corrected chi connectivity index (χ3v) is 6.52. The Hall–Kier alpha value is -2.76. The summed E-state index contributed by atoms with van der Waals surface area (Å²) >= 11 is 9.54. The number of halogens is 6. The van der Waals surface area contributed by atoms with Crippen LogP contribution in [0.4, 0.5) is 17.8 Å². The molecule has 0 aliphatic rings. The number of carbonyl (C=O) groups excluding carboxylic acids is 2. The normalized spacial score (nSPS) is 10.1. The number of hydrogen-bond donors (Lipinski definition) is 5. The van der Waals surface area contributed by atoms with Crippen LogP contribution in [0.3, 0.4) is 0 Å². The summed E-state index contributed by atoms with van der Waals surface area (Å²) in [7, 11) is 0. The van der Waals surface area contributed by atoms with Gasteiger partial charge in [0.1, 0.15) is 0 Å². The summed E-state index contributed by atoms with van der Waals surface area (Å²) in [5.74, 6) is -0.948. The zero-order chi connectivity index (χ0) is 41.2. The second-order valence-electron chi connectivity index (χ2n) is 10.0. The molecule has 9 N–H and O–H groups in total. The van der Waals surface area contributed by atoms with E-state index in [4.69, 9.17) is 32.8 Å². The van der Waals surface area contributed by atoms with Crippen molar-refractivity contribution in [1.29, 1.82) is 0 Å². The number of ether oxygens (including phenoxy) is 1. The van der Waals surface area contributed by atoms with Gasteiger partial charge in [0, 0.05) is 100 Å². The van der Waals surface area contributed by atoms with Gasteiger partial charge in [0.25, 0.3) is 0 Å². The summed E-state index contributed by atoms with van der Waals surface area (Å²) in [4.78, 5) is 88.7. The topological polar surface area (TPSA) is 341 Å². The molecule has 0 atom stereocenters. The van der Waals surface area contributed by atoms with Crippen LogP contribution in [0, 0.1) is 0 Å². The van der Waals surface area contributed by atoms with Crippen LogP contribution in [0.2, 0.25) is 0 Å². The van der Waals surface area contributed by atoms with Crippen molar-refractivity contribution in [1.82, 2.24) is 56.8 Å². The largest absolute Gasteiger partial charge is 0.481 e. The molecule has 0 spiro atoms. The van der Waals surface area contributed by atoms with E-state index in [-0.39, 0.29) is 73.6 Å². The maximum atomic E-state index is 11.5. The molecule has 30 heteroatoms. The minimum Gasteiger partial charge on any atom is -0.481 e. The van der Waals surface area contributed by atoms with E-state index < -0.39 is 28.9 Å². The number of carboxylic acids is 1. The van der Waals surface area contributed by atoms with Crippen molar-refractivity contribution in [3.05, 3.63) is 68.6 Å². The van der Waals surface area contributed by atoms with Gasteiger partial charge in [-0.2, -0.15) is 29.9 Å². The molecule has 0 unspecified atom stereocenters. The number of nitrogens with zero attached hydrogens (tertiary/aromatic N) is 12. The van der Waals surface area contributed by atoms with Crippen molar-refractivity contribution < 1.29 is 37.5 Å². The number of aryl methyl sites for hydroxylation is 3. The van der Waals surface area contributed by atoms with Gasteiger partial charge in [-0.15, -0.1) is 24.0 Å². The number of anilines is 3. The van der Waals surface area contributed by atoms with Crippen LogP contribution in [0.5, 0.6) is 0 Å². The van der Waals surface area contributed by atoms with Crippen LogP contribution in [0.25, 0.3) is 17.3 Å². The number of nitrogen functional groups attached to an aromatic ring is 3. The fourth-order valence-corrected chi connectivity index (χ4v) is 4.31. The molecule has 0 aliphatic heterocycles. The summed E-state index contributed by atoms with van der Waals surface area (Å²) in [6.07, 6.45) is 9.66. The van der Waals surface area contributed by atoms with Crippen molar-refractivity contribution in [2.75, 3.05) is 23.8 Å². The van der Waals surface area contributed by atoms with E-state index in [1.165, 1.54) is 36.4 Å². The maximum Gasteiger partial charge on any atom is 0.357 e. The van der Waals surface area contributed by atoms with E-state index in [0.717, 1.165) is 0 Å². The third kappa shape index (κ3) is 15.9. The van der Waals surface area contributed by atoms with Crippen LogP contribution in [0.15, 0.2) is 51.6 Å². The number of primary amides is 1. The van der Waals surface area contributed by atoms with Crippen LogP contribution in [-0.4, -0.2) is 86.4 Å². The van der Waals surface area contributed by atoms with Gasteiger partial charge in [-0.25, -0.2) is 27.6 Å². The molecule has 24 nitrogen and oxygen atoms in total. The number of hydrogen-bond acceptors (Lipinski definition) is 16. The molecule has 1 amide bonds. The second kappa shape index (κ2) is 26.3. The van der Waals surface area contributed by atoms with Gasteiger partial charge in [-0.05, 0) is 6.92 Å². The molecule has 6 aromatic heterocycles. The molecule has 308 valence electrons. The first kappa shape index (κ1) is 51.3. The number of nitrogens with two attached hydrogens (primary N) is 4. The predicted molar refractivity (Wildman–Crippen MR) is 244 cm³/mol. The molecule has 0 fully saturated rings. The number of aromatic nitrogens is 12. The van der Waals surface area contributed by atoms with Crippen molar-refractivity contribution in [3.8, 4) is 0 Å². The second-order valence-corrected chi connectivity index (χ2v) is 26.3. The minimum absolute atomic E-state index is 0. The van der Waals surface area contributed by atoms with Gasteiger partial charge in [0.2, 0.25) is 41.1 Å². The van der Waals surface area contributed by atoms with E-state index in [9.17, 15) is 28.8 Å². The molecule has 0 saturated heterocycles. The molecule has 6 aromatic rings. The molecule has 0 bridgehead atoms. The Morgan fingerprint density at radius 2 is 0.982 bits per heavy atom. The van der Waals surface area contributed by atoms with E-state index in [1.807, 2.05) is 0 Å². The molecule has 56 heavy (non-hydrogen) atoms. The molecule has 6 rings (SSSR count). The monoisotopic (exact) mass is 1460 g/mol. The number of amides is 1. The minimum atomic E-state index is -0.920. The van der Waals surface area contributed by atoms with Crippen molar-refractivity contribution in [3.63, 3.8) is 0 Å². The van der Waals surface area contributed by atoms with Gasteiger partial charge >= 0.3 is 79.5 Å². The molecule has 0 aromatic carbocycles. The van der Waals surface area contributed by atoms with E-state index in [0.29, 0.717) is 50.3 Å². The average Bonchev–Trinajstić information content (AvgIpc) is 3.85. The van der Waals surface area contributed by atoms with Gasteiger partial charge in [-0.1, -0.05) is 0 Å². The maximum absolute atomic E-state index is 11.5. The number of esters is 1. The first-order valence-electron chi connectivity index (χ1n) is 15.0. The van der Waals surface area contributed by atoms with Gasteiger partial charge < -0.3 is 46.5 Å². The van der Waals surface area contributed by atoms with Gasteiger partial charge in [-0.3, -0.25) is 14.4 Å². The molecule has 0 saturated carbocycles. The molecule has 6 heterocycles. The first-order valence-corrected chi connectivity index (χ1v) is 33.8. The number of rotatable bonds is 10. The SMILES string of the molecule is CCOC(=O)CCn1ccn2c(=O)nc(N)nc12.I.II.I[I-]I.NC(=O)CCn1ccn2c(=O)nc(N)nc12.Nc1nc(=O)n2ccn(CCC(=O)O)c2n1. The Labute approximate surface area is 384 Å². The molecule has 0 radical (unpaired) electrons. The molecular weight excluding hydrogens is 1430 g/mol. The van der Waals surface area contributed by atoms with Crippen molar-refractivity contribution in [2.24, 2.45) is 5.73 Å². The number of carbonyl (C=O) groups is 3. The summed E-state index contributed by atoms with van der Waals surface area (Å²) in [6, 6.07) is 0. The van der Waals surface area contributed by atoms with Crippen LogP contribution < -0.4 is 53.3 Å². The zero-order valence-electron chi connectivity index (χ0n) is 28.7. The van der Waals surface area contributed by atoms with Crippen molar-refractivity contribution in [2.45, 2.75) is 45.8 Å². The first-order chi connectivity index (χ1) is 26.2. The number of fused-ring (bicyclic) bond motifs is 3. The zero-order valence-corrected chi connectivity index (χ0v) is 41.8. The van der Waals surface area contributed by atoms with Crippen LogP contribution in [0.1, 0.15) is 26.2 Å². The van der Waals surface area contributed by atoms with Gasteiger partial charge in [0.15, 0.2) is 0 Å². The van der Waals surface area contributed by atoms with Crippen molar-refractivity contribution >= 4 is 151 Å². The van der Waals surface area contributed by atoms with Gasteiger partial charge in [0.05, 0.1) is 19.4 Å². The fourth-order valence-electron chi connectivity index (χ4n) is 4.31. The summed E-state index contributed by atoms with van der Waals surface area (Å²) in [6.45, 7) is 3.03. The molecule has 0 aliphatic carbocycles. The van der Waals surface area contributed by atoms with E-state index >= 15 is 0 Å². The summed E-state index contributed by atoms with van der Waals surface area (Å²) in [5.41, 5.74) is 19.6. The number of aliphatic carboxylic acids is 1. The smallest absolute Gasteiger partial charge is 0.357 e. The standard InChI is InChI=1S/C10H13N5O3.C8H10N6O2.C8H9N5O3.I3.I2.HI/c1-2-18-7(16)3-4-14-5-6-15-9(14)12-8(11)13-10(15)17;9-5(15)1-2-13-3-4-14-7(13)11-6(10)12-8(14)16;9-6-10-7-12(2-1-5(14)15)3-4-13(7)8(16)11-6;1-3-2;1-2;/h5-6H,2-4H2,1H3,(H2,11,13,17);3-4H,1-2H2,(H2,9,15)(H2,10,12,16);3-4H,1-2H2,(H,14,15)(H2,9,11,16);;;1H/q;;;-1;;. The summed E-state index contributed by atoms with van der Waals surface area (Å²) in [5, 5.41) is 8.55. The Morgan fingerprint density at radius 3 is 1.29 bits per heavy atom. The van der Waals surface area contributed by atoms with Crippen LogP contribution in [-0.2, 0) is 38.8 Å². The quantitative estimate of drug-likeness (QED) is 0.0724. The fraction of sp³-hybridized carbons (Fsp3) is 0.308. The van der Waals surface area contributed by atoms with E-state index in [1.54, 1.807) is 34.6 Å². The van der Waals surface area contributed by atoms with E-state index in [2.05, 4.69) is 104 Å². The Bertz CT molecular complexity index is 2280. The third-order valence-electron chi connectivity index (χ3n) is 6.52. The Kier molecular flexibility index (Phi) is 24.1. The molecular formula is C26H33I6N16O8-. The predicted octanol–water partition coefficient (Wildman–Crippen LogP) is -2.11. The Balaban J connectivity index is 0.000000394. The van der Waals surface area contributed by atoms with Crippen LogP contribution >= 0.6 is 98.4 Å².